The highest BCUT2D eigenvalue weighted by molar-refractivity contribution is 7.89. The number of nitrogens with one attached hydrogen (secondary N) is 1. The average molecular weight is 354 g/mol. The first kappa shape index (κ1) is 18.4. The van der Waals surface area contributed by atoms with Gasteiger partial charge in [-0.3, -0.25) is 4.90 Å². The van der Waals surface area contributed by atoms with E-state index in [4.69, 9.17) is 4.74 Å². The maximum atomic E-state index is 12.4. The van der Waals surface area contributed by atoms with Crippen molar-refractivity contribution in [2.45, 2.75) is 49.8 Å². The summed E-state index contributed by atoms with van der Waals surface area (Å²) in [5.74, 6) is 0. The van der Waals surface area contributed by atoms with Gasteiger partial charge in [-0.15, -0.1) is 0 Å². The lowest BCUT2D eigenvalue weighted by Gasteiger charge is -2.26. The zero-order valence-corrected chi connectivity index (χ0v) is 14.7. The third-order valence-corrected chi connectivity index (χ3v) is 5.04. The van der Waals surface area contributed by atoms with Gasteiger partial charge in [0, 0.05) is 12.6 Å². The summed E-state index contributed by atoms with van der Waals surface area (Å²) in [4.78, 5) is 24.8. The summed E-state index contributed by atoms with van der Waals surface area (Å²) in [6.07, 6.45) is 0.233. The fourth-order valence-electron chi connectivity index (χ4n) is 2.50. The Morgan fingerprint density at radius 2 is 1.92 bits per heavy atom. The number of benzene rings is 1. The number of hydrogen-bond acceptors (Lipinski definition) is 5. The zero-order chi connectivity index (χ0) is 18.0. The molecule has 1 saturated heterocycles. The van der Waals surface area contributed by atoms with Crippen molar-refractivity contribution in [2.24, 2.45) is 0 Å². The van der Waals surface area contributed by atoms with Gasteiger partial charge in [0.25, 0.3) is 0 Å². The van der Waals surface area contributed by atoms with Crippen LogP contribution in [0, 0.1) is 0 Å². The smallest absolute Gasteiger partial charge is 0.410 e. The molecule has 7 nitrogen and oxygen atoms in total. The molecule has 24 heavy (non-hydrogen) atoms. The number of ether oxygens (including phenoxy) is 1. The van der Waals surface area contributed by atoms with Crippen LogP contribution in [-0.2, 0) is 19.6 Å². The van der Waals surface area contributed by atoms with Gasteiger partial charge >= 0.3 is 6.09 Å². The predicted molar refractivity (Wildman–Crippen MR) is 88.0 cm³/mol. The molecule has 0 aromatic heterocycles. The molecule has 1 amide bonds. The minimum Gasteiger partial charge on any atom is -0.444 e. The average Bonchev–Trinajstić information content (AvgIpc) is 2.89. The molecule has 1 aromatic carbocycles. The molecule has 1 aromatic rings. The molecule has 2 rings (SSSR count). The van der Waals surface area contributed by atoms with E-state index in [-0.39, 0.29) is 17.9 Å². The largest absolute Gasteiger partial charge is 0.444 e. The van der Waals surface area contributed by atoms with Gasteiger partial charge in [-0.25, -0.2) is 17.9 Å². The van der Waals surface area contributed by atoms with Crippen LogP contribution < -0.4 is 4.72 Å². The molecule has 8 heteroatoms. The maximum absolute atomic E-state index is 12.4. The number of carbonyl (C=O) groups excluding carboxylic acids is 2. The summed E-state index contributed by atoms with van der Waals surface area (Å²) in [6.45, 7) is 5.27. The van der Waals surface area contributed by atoms with Crippen molar-refractivity contribution in [3.63, 3.8) is 0 Å². The van der Waals surface area contributed by atoms with Crippen LogP contribution in [0.15, 0.2) is 35.2 Å². The lowest BCUT2D eigenvalue weighted by atomic mass is 10.2. The molecule has 132 valence electrons. The number of aldehydes is 1. The van der Waals surface area contributed by atoms with Gasteiger partial charge in [-0.2, -0.15) is 0 Å². The van der Waals surface area contributed by atoms with Crippen molar-refractivity contribution in [1.82, 2.24) is 9.62 Å². The van der Waals surface area contributed by atoms with Gasteiger partial charge < -0.3 is 9.53 Å². The first-order valence-electron chi connectivity index (χ1n) is 7.65. The maximum Gasteiger partial charge on any atom is 0.410 e. The molecule has 1 aliphatic heterocycles. The third kappa shape index (κ3) is 4.55. The van der Waals surface area contributed by atoms with Crippen molar-refractivity contribution in [1.29, 1.82) is 0 Å². The van der Waals surface area contributed by atoms with Crippen molar-refractivity contribution >= 4 is 22.4 Å². The van der Waals surface area contributed by atoms with E-state index in [0.29, 0.717) is 6.29 Å². The highest BCUT2D eigenvalue weighted by Gasteiger charge is 2.39. The van der Waals surface area contributed by atoms with E-state index in [1.165, 1.54) is 17.0 Å². The first-order chi connectivity index (χ1) is 11.1. The predicted octanol–water partition coefficient (Wildman–Crippen LogP) is 1.54. The van der Waals surface area contributed by atoms with Gasteiger partial charge in [0.15, 0.2) is 0 Å². The molecule has 1 fully saturated rings. The molecule has 0 aliphatic carbocycles. The molecule has 0 bridgehead atoms. The Balaban J connectivity index is 2.09. The number of sulfonamides is 1. The normalized spacial score (nSPS) is 21.5. The van der Waals surface area contributed by atoms with E-state index in [0.717, 1.165) is 0 Å². The Bertz CT molecular complexity index is 697. The van der Waals surface area contributed by atoms with E-state index in [9.17, 15) is 18.0 Å². The molecular formula is C16H22N2O5S. The van der Waals surface area contributed by atoms with E-state index < -0.39 is 33.8 Å². The fourth-order valence-corrected chi connectivity index (χ4v) is 3.76. The van der Waals surface area contributed by atoms with E-state index in [1.54, 1.807) is 39.0 Å². The molecule has 0 spiro atoms. The van der Waals surface area contributed by atoms with Gasteiger partial charge in [-0.1, -0.05) is 18.2 Å². The first-order valence-corrected chi connectivity index (χ1v) is 9.13. The molecule has 1 aliphatic rings. The van der Waals surface area contributed by atoms with Crippen molar-refractivity contribution in [2.75, 3.05) is 6.54 Å². The molecule has 0 radical (unpaired) electrons. The fraction of sp³-hybridized carbons (Fsp3) is 0.500. The molecule has 1 heterocycles. The highest BCUT2D eigenvalue weighted by Crippen LogP contribution is 2.21. The third-order valence-electron chi connectivity index (χ3n) is 3.50. The Kier molecular flexibility index (Phi) is 5.29. The quantitative estimate of drug-likeness (QED) is 0.828. The number of hydrogen-bond donors (Lipinski definition) is 1. The minimum absolute atomic E-state index is 0.0877. The van der Waals surface area contributed by atoms with Crippen molar-refractivity contribution in [3.8, 4) is 0 Å². The van der Waals surface area contributed by atoms with Crippen LogP contribution in [-0.4, -0.2) is 49.9 Å². The zero-order valence-electron chi connectivity index (χ0n) is 13.9. The summed E-state index contributed by atoms with van der Waals surface area (Å²) < 4.78 is 32.5. The number of nitrogens with zero attached hydrogens (tertiary/aromatic N) is 1. The van der Waals surface area contributed by atoms with Gasteiger partial charge in [0.2, 0.25) is 10.0 Å². The van der Waals surface area contributed by atoms with Gasteiger partial charge in [0.1, 0.15) is 11.9 Å². The molecule has 2 atom stereocenters. The lowest BCUT2D eigenvalue weighted by molar-refractivity contribution is -0.111. The van der Waals surface area contributed by atoms with Crippen LogP contribution in [0.25, 0.3) is 0 Å². The Hall–Kier alpha value is -1.93. The van der Waals surface area contributed by atoms with Gasteiger partial charge in [0.05, 0.1) is 10.9 Å². The Morgan fingerprint density at radius 3 is 2.46 bits per heavy atom. The van der Waals surface area contributed by atoms with Gasteiger partial charge in [-0.05, 0) is 39.3 Å². The summed E-state index contributed by atoms with van der Waals surface area (Å²) in [5, 5.41) is 0. The number of rotatable bonds is 4. The molecule has 2 unspecified atom stereocenters. The number of amides is 1. The number of likely N-dealkylation sites (tertiary alicyclic amines) is 1. The van der Waals surface area contributed by atoms with Crippen LogP contribution in [0.5, 0.6) is 0 Å². The summed E-state index contributed by atoms with van der Waals surface area (Å²) >= 11 is 0. The highest BCUT2D eigenvalue weighted by atomic mass is 32.2. The lowest BCUT2D eigenvalue weighted by Crippen LogP contribution is -2.42. The molecule has 1 N–H and O–H groups in total. The van der Waals surface area contributed by atoms with Crippen LogP contribution >= 0.6 is 0 Å². The topological polar surface area (TPSA) is 92.8 Å². The molecule has 0 saturated carbocycles. The SMILES string of the molecule is CC(C)(C)OC(=O)N1CC(NS(=O)(=O)c2ccccc2)CC1C=O. The van der Waals surface area contributed by atoms with E-state index in [1.807, 2.05) is 0 Å². The summed E-state index contributed by atoms with van der Waals surface area (Å²) in [6, 6.07) is 6.71. The minimum atomic E-state index is -3.70. The summed E-state index contributed by atoms with van der Waals surface area (Å²) in [7, 11) is -3.70. The molecular weight excluding hydrogens is 332 g/mol. The second-order valence-electron chi connectivity index (χ2n) is 6.70. The van der Waals surface area contributed by atoms with Crippen molar-refractivity contribution < 1.29 is 22.7 Å². The van der Waals surface area contributed by atoms with E-state index in [2.05, 4.69) is 4.72 Å². The van der Waals surface area contributed by atoms with Crippen LogP contribution in [0.3, 0.4) is 0 Å². The van der Waals surface area contributed by atoms with Crippen LogP contribution in [0.4, 0.5) is 4.79 Å². The Morgan fingerprint density at radius 1 is 1.29 bits per heavy atom. The second-order valence-corrected chi connectivity index (χ2v) is 8.42. The van der Waals surface area contributed by atoms with E-state index >= 15 is 0 Å². The van der Waals surface area contributed by atoms with Crippen LogP contribution in [0.1, 0.15) is 27.2 Å². The monoisotopic (exact) mass is 354 g/mol. The Labute approximate surface area is 142 Å². The summed E-state index contributed by atoms with van der Waals surface area (Å²) in [5.41, 5.74) is -0.688. The standard InChI is InChI=1S/C16H22N2O5S/c1-16(2,3)23-15(20)18-10-12(9-13(18)11-19)17-24(21,22)14-7-5-4-6-8-14/h4-8,11-13,17H,9-10H2,1-3H3. The van der Waals surface area contributed by atoms with Crippen LogP contribution in [0.2, 0.25) is 0 Å². The number of carbonyl (C=O) groups is 2. The second kappa shape index (κ2) is 6.90. The van der Waals surface area contributed by atoms with Crippen molar-refractivity contribution in [3.05, 3.63) is 30.3 Å².